The van der Waals surface area contributed by atoms with Gasteiger partial charge >= 0.3 is 0 Å². The van der Waals surface area contributed by atoms with E-state index in [0.717, 1.165) is 18.4 Å². The van der Waals surface area contributed by atoms with Crippen molar-refractivity contribution in [1.29, 1.82) is 0 Å². The Labute approximate surface area is 291 Å². The minimum Gasteiger partial charge on any atom is -0.324 e. The van der Waals surface area contributed by atoms with E-state index in [-0.39, 0.29) is 16.9 Å². The molecule has 0 aliphatic heterocycles. The first-order chi connectivity index (χ1) is 21.9. The smallest absolute Gasteiger partial charge is 0.0300 e. The maximum atomic E-state index is 6.30. The molecule has 1 aliphatic carbocycles. The summed E-state index contributed by atoms with van der Waals surface area (Å²) in [5.74, 6) is 0.612. The van der Waals surface area contributed by atoms with Gasteiger partial charge in [-0.25, -0.2) is 0 Å². The monoisotopic (exact) mass is 634 g/mol. The molecule has 0 bridgehead atoms. The van der Waals surface area contributed by atoms with Crippen LogP contribution in [0.3, 0.4) is 0 Å². The van der Waals surface area contributed by atoms with Crippen LogP contribution in [0, 0.1) is 16.7 Å². The van der Waals surface area contributed by atoms with Gasteiger partial charge in [-0.1, -0.05) is 166 Å². The van der Waals surface area contributed by atoms with Crippen molar-refractivity contribution in [1.82, 2.24) is 0 Å². The fraction of sp³-hybridized carbons (Fsp3) is 0.435. The van der Waals surface area contributed by atoms with Crippen LogP contribution in [-0.2, 0) is 0 Å². The van der Waals surface area contributed by atoms with E-state index in [1.807, 2.05) is 0 Å². The number of rotatable bonds is 15. The maximum absolute atomic E-state index is 6.30. The number of allylic oxidation sites excluding steroid dienone is 23. The van der Waals surface area contributed by atoms with Crippen LogP contribution in [0.25, 0.3) is 0 Å². The maximum Gasteiger partial charge on any atom is 0.0300 e. The predicted octanol–water partition coefficient (Wildman–Crippen LogP) is 13.5. The predicted molar refractivity (Wildman–Crippen MR) is 214 cm³/mol. The Bertz CT molecular complexity index is 1440. The first kappa shape index (κ1) is 41.6. The van der Waals surface area contributed by atoms with Crippen LogP contribution in [0.2, 0.25) is 0 Å². The average molecular weight is 634 g/mol. The summed E-state index contributed by atoms with van der Waals surface area (Å²) in [6, 6.07) is 0.0485. The Hall–Kier alpha value is -3.42. The van der Waals surface area contributed by atoms with Crippen LogP contribution >= 0.6 is 0 Å². The van der Waals surface area contributed by atoms with Crippen molar-refractivity contribution < 1.29 is 0 Å². The molecular weight excluding hydrogens is 567 g/mol. The Morgan fingerprint density at radius 1 is 0.830 bits per heavy atom. The summed E-state index contributed by atoms with van der Waals surface area (Å²) < 4.78 is 0. The molecule has 1 aliphatic rings. The molecule has 0 fully saturated rings. The van der Waals surface area contributed by atoms with E-state index in [0.29, 0.717) is 5.92 Å². The van der Waals surface area contributed by atoms with Crippen LogP contribution in [0.4, 0.5) is 0 Å². The molecule has 1 heteroatoms. The highest BCUT2D eigenvalue weighted by molar-refractivity contribution is 5.48. The SMILES string of the molecule is C=C1C(C)=C(/C=C/C(C)=C/C=C/C(C)=C/C=C/C=C(C)/C=C/C=C(C)/C=C/C(=C(C)C)C(C)(C)CC(/C=C/C)CC)C(C)(C)CC1N. The second kappa shape index (κ2) is 20.1. The summed E-state index contributed by atoms with van der Waals surface area (Å²) in [4.78, 5) is 0. The van der Waals surface area contributed by atoms with Crippen molar-refractivity contribution in [3.05, 3.63) is 154 Å². The van der Waals surface area contributed by atoms with Gasteiger partial charge in [-0.2, -0.15) is 0 Å². The lowest BCUT2D eigenvalue weighted by Crippen LogP contribution is -2.35. The Kier molecular flexibility index (Phi) is 17.8. The molecule has 0 aromatic heterocycles. The fourth-order valence-electron chi connectivity index (χ4n) is 6.32. The highest BCUT2D eigenvalue weighted by Crippen LogP contribution is 2.42. The van der Waals surface area contributed by atoms with Crippen molar-refractivity contribution >= 4 is 0 Å². The Balaban J connectivity index is 2.80. The largest absolute Gasteiger partial charge is 0.324 e. The van der Waals surface area contributed by atoms with E-state index in [4.69, 9.17) is 5.73 Å². The molecular formula is C46H67N. The van der Waals surface area contributed by atoms with Gasteiger partial charge in [0.1, 0.15) is 0 Å². The second-order valence-corrected chi connectivity index (χ2v) is 14.9. The van der Waals surface area contributed by atoms with Gasteiger partial charge < -0.3 is 5.73 Å². The minimum absolute atomic E-state index is 0.0485. The lowest BCUT2D eigenvalue weighted by atomic mass is 9.69. The van der Waals surface area contributed by atoms with Gasteiger partial charge in [0.2, 0.25) is 0 Å². The zero-order chi connectivity index (χ0) is 35.8. The van der Waals surface area contributed by atoms with Crippen molar-refractivity contribution in [2.24, 2.45) is 22.5 Å². The van der Waals surface area contributed by atoms with Crippen LogP contribution in [0.1, 0.15) is 109 Å². The third-order valence-electron chi connectivity index (χ3n) is 9.11. The van der Waals surface area contributed by atoms with Gasteiger partial charge in [0.05, 0.1) is 0 Å². The second-order valence-electron chi connectivity index (χ2n) is 14.9. The zero-order valence-corrected chi connectivity index (χ0v) is 32.3. The van der Waals surface area contributed by atoms with Crippen LogP contribution in [0.5, 0.6) is 0 Å². The van der Waals surface area contributed by atoms with Gasteiger partial charge in [-0.15, -0.1) is 0 Å². The standard InChI is InChI=1S/C46H67N/c1-15-21-41(16-2)32-45(11,12)42(34(3)4)30-28-37(7)26-19-24-35(5)22-17-18-23-36(6)25-20-27-38(8)29-31-43-39(9)40(10)44(47)33-46(43,13)14/h15,17-31,41,44H,10,16,32-33,47H2,1-9,11-14H3/b18-17+,21-15+,24-19+,25-20+,30-28+,31-29+,35-22+,36-23+,37-26+,38-27+. The van der Waals surface area contributed by atoms with Crippen LogP contribution in [0.15, 0.2) is 154 Å². The third kappa shape index (κ3) is 14.9. The topological polar surface area (TPSA) is 26.0 Å². The molecule has 2 unspecified atom stereocenters. The van der Waals surface area contributed by atoms with Crippen molar-refractivity contribution in [2.75, 3.05) is 0 Å². The zero-order valence-electron chi connectivity index (χ0n) is 32.3. The highest BCUT2D eigenvalue weighted by Gasteiger charge is 2.32. The molecule has 0 heterocycles. The Morgan fingerprint density at radius 3 is 1.81 bits per heavy atom. The summed E-state index contributed by atoms with van der Waals surface area (Å²) in [5, 5.41) is 0. The average Bonchev–Trinajstić information content (AvgIpc) is 2.97. The highest BCUT2D eigenvalue weighted by atomic mass is 14.7. The Morgan fingerprint density at radius 2 is 1.32 bits per heavy atom. The summed E-state index contributed by atoms with van der Waals surface area (Å²) in [6.45, 7) is 33.1. The summed E-state index contributed by atoms with van der Waals surface area (Å²) >= 11 is 0. The molecule has 1 nitrogen and oxygen atoms in total. The lowest BCUT2D eigenvalue weighted by molar-refractivity contribution is 0.349. The molecule has 256 valence electrons. The third-order valence-corrected chi connectivity index (χ3v) is 9.11. The van der Waals surface area contributed by atoms with Crippen molar-refractivity contribution in [3.8, 4) is 0 Å². The quantitative estimate of drug-likeness (QED) is 0.141. The molecule has 0 amide bonds. The minimum atomic E-state index is 0.0485. The molecule has 0 saturated heterocycles. The summed E-state index contributed by atoms with van der Waals surface area (Å²) in [5.41, 5.74) is 17.8. The van der Waals surface area contributed by atoms with Gasteiger partial charge in [-0.3, -0.25) is 0 Å². The molecule has 0 aromatic rings. The normalized spacial score (nSPS) is 20.0. The summed E-state index contributed by atoms with van der Waals surface area (Å²) in [6.07, 6.45) is 38.2. The molecule has 0 spiro atoms. The molecule has 2 N–H and O–H groups in total. The van der Waals surface area contributed by atoms with Gasteiger partial charge in [0, 0.05) is 6.04 Å². The van der Waals surface area contributed by atoms with E-state index in [2.05, 4.69) is 194 Å². The van der Waals surface area contributed by atoms with E-state index in [1.54, 1.807) is 0 Å². The molecule has 0 radical (unpaired) electrons. The molecule has 47 heavy (non-hydrogen) atoms. The summed E-state index contributed by atoms with van der Waals surface area (Å²) in [7, 11) is 0. The number of nitrogens with two attached hydrogens (primary N) is 1. The van der Waals surface area contributed by atoms with E-state index in [9.17, 15) is 0 Å². The molecule has 2 atom stereocenters. The molecule has 1 rings (SSSR count). The molecule has 0 aromatic carbocycles. The van der Waals surface area contributed by atoms with Gasteiger partial charge in [0.25, 0.3) is 0 Å². The lowest BCUT2D eigenvalue weighted by Gasteiger charge is -2.37. The van der Waals surface area contributed by atoms with Gasteiger partial charge in [-0.05, 0) is 114 Å². The van der Waals surface area contributed by atoms with Gasteiger partial charge in [0.15, 0.2) is 0 Å². The van der Waals surface area contributed by atoms with Crippen molar-refractivity contribution in [2.45, 2.75) is 115 Å². The number of hydrogen-bond acceptors (Lipinski definition) is 1. The van der Waals surface area contributed by atoms with E-state index in [1.165, 1.54) is 51.0 Å². The van der Waals surface area contributed by atoms with E-state index >= 15 is 0 Å². The van der Waals surface area contributed by atoms with Crippen molar-refractivity contribution in [3.63, 3.8) is 0 Å². The molecule has 0 saturated carbocycles. The first-order valence-electron chi connectivity index (χ1n) is 17.5. The van der Waals surface area contributed by atoms with Crippen LogP contribution in [-0.4, -0.2) is 6.04 Å². The first-order valence-corrected chi connectivity index (χ1v) is 17.5. The van der Waals surface area contributed by atoms with Crippen LogP contribution < -0.4 is 5.73 Å². The number of hydrogen-bond donors (Lipinski definition) is 1. The van der Waals surface area contributed by atoms with E-state index < -0.39 is 0 Å². The fourth-order valence-corrected chi connectivity index (χ4v) is 6.32.